The first-order chi connectivity index (χ1) is 8.37. The molecule has 1 saturated heterocycles. The highest BCUT2D eigenvalue weighted by molar-refractivity contribution is 5.68. The number of likely N-dealkylation sites (tertiary alicyclic amines) is 1. The van der Waals surface area contributed by atoms with E-state index < -0.39 is 5.60 Å². The average molecular weight is 252 g/mol. The fraction of sp³-hybridized carbons (Fsp3) is 0.692. The Kier molecular flexibility index (Phi) is 4.60. The van der Waals surface area contributed by atoms with Crippen LogP contribution in [0, 0.1) is 12.5 Å². The Morgan fingerprint density at radius 2 is 2.22 bits per heavy atom. The minimum Gasteiger partial charge on any atom is -0.527 e. The fourth-order valence-electron chi connectivity index (χ4n) is 1.94. The molecular formula is C13H20N2O3. The Hall–Kier alpha value is -1.70. The predicted molar refractivity (Wildman–Crippen MR) is 67.8 cm³/mol. The molecule has 0 aliphatic carbocycles. The summed E-state index contributed by atoms with van der Waals surface area (Å²) < 4.78 is 5.30. The monoisotopic (exact) mass is 252 g/mol. The maximum absolute atomic E-state index is 11.9. The highest BCUT2D eigenvalue weighted by Gasteiger charge is 2.29. The first-order valence-corrected chi connectivity index (χ1v) is 6.07. The van der Waals surface area contributed by atoms with E-state index >= 15 is 0 Å². The number of aliphatic hydroxyl groups is 1. The zero-order valence-corrected chi connectivity index (χ0v) is 11.1. The number of hydrogen-bond acceptors (Lipinski definition) is 3. The Morgan fingerprint density at radius 3 is 2.72 bits per heavy atom. The summed E-state index contributed by atoms with van der Waals surface area (Å²) in [5.74, 6) is -0.0891. The van der Waals surface area contributed by atoms with E-state index in [0.717, 1.165) is 19.1 Å². The van der Waals surface area contributed by atoms with E-state index in [1.807, 2.05) is 20.8 Å². The molecule has 18 heavy (non-hydrogen) atoms. The molecule has 1 unspecified atom stereocenters. The van der Waals surface area contributed by atoms with Gasteiger partial charge < -0.3 is 14.7 Å². The minimum atomic E-state index is -0.514. The van der Waals surface area contributed by atoms with Gasteiger partial charge in [-0.05, 0) is 27.2 Å². The highest BCUT2D eigenvalue weighted by Crippen LogP contribution is 2.25. The van der Waals surface area contributed by atoms with Crippen molar-refractivity contribution in [2.75, 3.05) is 13.1 Å². The lowest BCUT2D eigenvalue weighted by molar-refractivity contribution is 0.0182. The first-order valence-electron chi connectivity index (χ1n) is 6.07. The molecule has 1 amide bonds. The lowest BCUT2D eigenvalue weighted by Crippen LogP contribution is -2.43. The van der Waals surface area contributed by atoms with Crippen LogP contribution in [0.25, 0.3) is 4.85 Å². The SMILES string of the molecule is [C-]#[N+]/C(=C\O)C1CCCN(C(=O)OC(C)(C)C)C1. The van der Waals surface area contributed by atoms with Crippen LogP contribution in [-0.4, -0.2) is 34.8 Å². The van der Waals surface area contributed by atoms with Gasteiger partial charge in [-0.3, -0.25) is 0 Å². The second-order valence-corrected chi connectivity index (χ2v) is 5.43. The molecule has 0 aromatic rings. The number of carbonyl (C=O) groups is 1. The third-order valence-corrected chi connectivity index (χ3v) is 2.75. The lowest BCUT2D eigenvalue weighted by Gasteiger charge is -2.33. The number of carbonyl (C=O) groups excluding carboxylic acids is 1. The lowest BCUT2D eigenvalue weighted by atomic mass is 9.95. The van der Waals surface area contributed by atoms with Crippen LogP contribution in [0.2, 0.25) is 0 Å². The highest BCUT2D eigenvalue weighted by atomic mass is 16.6. The average Bonchev–Trinajstić information content (AvgIpc) is 2.29. The number of nitrogens with zero attached hydrogens (tertiary/aromatic N) is 2. The summed E-state index contributed by atoms with van der Waals surface area (Å²) in [6.07, 6.45) is 2.12. The molecule has 0 aromatic carbocycles. The van der Waals surface area contributed by atoms with Crippen molar-refractivity contribution in [1.29, 1.82) is 0 Å². The molecule has 100 valence electrons. The minimum absolute atomic E-state index is 0.0891. The van der Waals surface area contributed by atoms with Gasteiger partial charge in [0, 0.05) is 19.0 Å². The molecule has 0 radical (unpaired) electrons. The van der Waals surface area contributed by atoms with Gasteiger partial charge >= 0.3 is 6.09 Å². The van der Waals surface area contributed by atoms with Gasteiger partial charge in [-0.25, -0.2) is 9.64 Å². The third kappa shape index (κ3) is 3.95. The summed E-state index contributed by atoms with van der Waals surface area (Å²) in [6.45, 7) is 13.5. The second kappa shape index (κ2) is 5.76. The number of ether oxygens (including phenoxy) is 1. The number of piperidine rings is 1. The summed E-state index contributed by atoms with van der Waals surface area (Å²) in [5.41, 5.74) is -0.206. The maximum Gasteiger partial charge on any atom is 0.410 e. The van der Waals surface area contributed by atoms with Gasteiger partial charge in [0.15, 0.2) is 0 Å². The van der Waals surface area contributed by atoms with Gasteiger partial charge in [-0.15, -0.1) is 0 Å². The molecule has 0 saturated carbocycles. The van der Waals surface area contributed by atoms with Gasteiger partial charge in [0.05, 0.1) is 12.8 Å². The quantitative estimate of drug-likeness (QED) is 0.576. The molecule has 1 aliphatic heterocycles. The van der Waals surface area contributed by atoms with Gasteiger partial charge in [0.25, 0.3) is 0 Å². The Morgan fingerprint density at radius 1 is 1.56 bits per heavy atom. The van der Waals surface area contributed by atoms with E-state index in [1.165, 1.54) is 0 Å². The van der Waals surface area contributed by atoms with Gasteiger partial charge in [0.1, 0.15) is 5.60 Å². The van der Waals surface area contributed by atoms with Crippen molar-refractivity contribution >= 4 is 6.09 Å². The van der Waals surface area contributed by atoms with Gasteiger partial charge in [-0.2, -0.15) is 0 Å². The second-order valence-electron chi connectivity index (χ2n) is 5.43. The topological polar surface area (TPSA) is 54.1 Å². The molecule has 1 fully saturated rings. The number of hydrogen-bond donors (Lipinski definition) is 1. The fourth-order valence-corrected chi connectivity index (χ4v) is 1.94. The molecule has 0 spiro atoms. The maximum atomic E-state index is 11.9. The van der Waals surface area contributed by atoms with Crippen LogP contribution in [0.3, 0.4) is 0 Å². The predicted octanol–water partition coefficient (Wildman–Crippen LogP) is 2.95. The normalized spacial score (nSPS) is 21.3. The van der Waals surface area contributed by atoms with Crippen molar-refractivity contribution < 1.29 is 14.6 Å². The summed E-state index contributed by atoms with van der Waals surface area (Å²) in [6, 6.07) is 0. The van der Waals surface area contributed by atoms with Crippen molar-refractivity contribution in [3.05, 3.63) is 23.4 Å². The summed E-state index contributed by atoms with van der Waals surface area (Å²) in [4.78, 5) is 16.8. The van der Waals surface area contributed by atoms with Crippen LogP contribution in [-0.2, 0) is 4.74 Å². The zero-order chi connectivity index (χ0) is 13.8. The molecule has 5 nitrogen and oxygen atoms in total. The van der Waals surface area contributed by atoms with Crippen LogP contribution in [0.1, 0.15) is 33.6 Å². The van der Waals surface area contributed by atoms with Gasteiger partial charge in [-0.1, -0.05) is 6.42 Å². The molecule has 0 aromatic heterocycles. The van der Waals surface area contributed by atoms with Crippen molar-refractivity contribution in [3.63, 3.8) is 0 Å². The molecule has 1 heterocycles. The standard InChI is InChI=1S/C13H20N2O3/c1-13(2,3)18-12(17)15-7-5-6-10(8-15)11(9-16)14-4/h9-10,16H,5-8H2,1-3H3/b11-9-. The van der Waals surface area contributed by atoms with Crippen LogP contribution >= 0.6 is 0 Å². The largest absolute Gasteiger partial charge is 0.527 e. The van der Waals surface area contributed by atoms with E-state index in [4.69, 9.17) is 16.4 Å². The number of amides is 1. The molecule has 1 aliphatic rings. The summed E-state index contributed by atoms with van der Waals surface area (Å²) in [7, 11) is 0. The van der Waals surface area contributed by atoms with E-state index in [-0.39, 0.29) is 12.0 Å². The molecular weight excluding hydrogens is 232 g/mol. The Bertz CT molecular complexity index is 377. The number of aliphatic hydroxyl groups excluding tert-OH is 1. The van der Waals surface area contributed by atoms with Crippen molar-refractivity contribution in [1.82, 2.24) is 4.90 Å². The molecule has 1 atom stereocenters. The third-order valence-electron chi connectivity index (χ3n) is 2.75. The molecule has 1 N–H and O–H groups in total. The van der Waals surface area contributed by atoms with Crippen LogP contribution in [0.5, 0.6) is 0 Å². The van der Waals surface area contributed by atoms with Crippen molar-refractivity contribution in [2.45, 2.75) is 39.2 Å². The smallest absolute Gasteiger partial charge is 0.410 e. The van der Waals surface area contributed by atoms with Crippen molar-refractivity contribution in [3.8, 4) is 0 Å². The van der Waals surface area contributed by atoms with E-state index in [9.17, 15) is 4.79 Å². The van der Waals surface area contributed by atoms with Gasteiger partial charge in [0.2, 0.25) is 5.70 Å². The van der Waals surface area contributed by atoms with Crippen LogP contribution < -0.4 is 0 Å². The zero-order valence-electron chi connectivity index (χ0n) is 11.1. The van der Waals surface area contributed by atoms with Crippen molar-refractivity contribution in [2.24, 2.45) is 5.92 Å². The van der Waals surface area contributed by atoms with E-state index in [2.05, 4.69) is 4.85 Å². The number of rotatable bonds is 1. The van der Waals surface area contributed by atoms with E-state index in [1.54, 1.807) is 4.90 Å². The Labute approximate surface area is 108 Å². The first kappa shape index (κ1) is 14.4. The van der Waals surface area contributed by atoms with Crippen LogP contribution in [0.4, 0.5) is 4.79 Å². The van der Waals surface area contributed by atoms with E-state index in [0.29, 0.717) is 18.8 Å². The Balaban J connectivity index is 2.65. The summed E-state index contributed by atoms with van der Waals surface area (Å²) >= 11 is 0. The molecule has 5 heteroatoms. The summed E-state index contributed by atoms with van der Waals surface area (Å²) in [5, 5.41) is 8.98. The molecule has 0 bridgehead atoms. The molecule has 1 rings (SSSR count). The van der Waals surface area contributed by atoms with Crippen LogP contribution in [0.15, 0.2) is 12.0 Å².